The van der Waals surface area contributed by atoms with Crippen molar-refractivity contribution in [1.29, 1.82) is 0 Å². The van der Waals surface area contributed by atoms with Crippen LogP contribution in [0.4, 0.5) is 17.1 Å². The molecule has 0 atom stereocenters. The minimum absolute atomic E-state index is 0.707. The summed E-state index contributed by atoms with van der Waals surface area (Å²) >= 11 is 0. The lowest BCUT2D eigenvalue weighted by molar-refractivity contribution is 0.669. The summed E-state index contributed by atoms with van der Waals surface area (Å²) in [5, 5.41) is 2.19. The molecule has 0 N–H and O–H groups in total. The Bertz CT molecular complexity index is 2470. The van der Waals surface area contributed by atoms with Gasteiger partial charge in [-0.05, 0) is 59.7 Å². The fraction of sp³-hybridized carbons (Fsp3) is 0. The number of fused-ring (bicyclic) bond motifs is 3. The van der Waals surface area contributed by atoms with E-state index in [2.05, 4.69) is 144 Å². The molecule has 4 heteroatoms. The largest absolute Gasteiger partial charge is 0.456 e. The van der Waals surface area contributed by atoms with Crippen molar-refractivity contribution in [3.05, 3.63) is 188 Å². The summed E-state index contributed by atoms with van der Waals surface area (Å²) < 4.78 is 6.54. The van der Waals surface area contributed by atoms with Gasteiger partial charge in [-0.1, -0.05) is 133 Å². The highest BCUT2D eigenvalue weighted by molar-refractivity contribution is 6.13. The highest BCUT2D eigenvalue weighted by Crippen LogP contribution is 2.41. The first-order valence-corrected chi connectivity index (χ1v) is 16.7. The van der Waals surface area contributed by atoms with Crippen LogP contribution in [0.1, 0.15) is 0 Å². The van der Waals surface area contributed by atoms with Gasteiger partial charge in [0.1, 0.15) is 11.2 Å². The molecule has 2 aromatic heterocycles. The highest BCUT2D eigenvalue weighted by atomic mass is 16.3. The van der Waals surface area contributed by atoms with Crippen molar-refractivity contribution in [2.24, 2.45) is 0 Å². The van der Waals surface area contributed by atoms with E-state index >= 15 is 0 Å². The second-order valence-electron chi connectivity index (χ2n) is 12.2. The molecule has 0 bridgehead atoms. The highest BCUT2D eigenvalue weighted by Gasteiger charge is 2.17. The standard InChI is InChI=1S/C46H31N3O/c1-5-14-33(15-6-1)41-31-42(48-46(47-41)35-16-7-2-8-17-35)34-26-24-32(25-27-34)39-22-13-23-43-45(39)40-29-28-38(30-44(40)50-43)49(36-18-9-3-10-19-36)37-20-11-4-12-21-37/h1-31H. The summed E-state index contributed by atoms with van der Waals surface area (Å²) in [5.74, 6) is 0.707. The molecule has 0 radical (unpaired) electrons. The zero-order valence-electron chi connectivity index (χ0n) is 27.1. The molecule has 0 aliphatic heterocycles. The maximum Gasteiger partial charge on any atom is 0.160 e. The van der Waals surface area contributed by atoms with E-state index in [9.17, 15) is 0 Å². The van der Waals surface area contributed by atoms with Gasteiger partial charge in [-0.15, -0.1) is 0 Å². The van der Waals surface area contributed by atoms with Crippen LogP contribution in [0.5, 0.6) is 0 Å². The number of anilines is 3. The van der Waals surface area contributed by atoms with Crippen molar-refractivity contribution in [3.63, 3.8) is 0 Å². The lowest BCUT2D eigenvalue weighted by atomic mass is 9.97. The van der Waals surface area contributed by atoms with Crippen LogP contribution in [0.3, 0.4) is 0 Å². The van der Waals surface area contributed by atoms with Crippen LogP contribution in [0.25, 0.3) is 67.0 Å². The molecule has 9 aromatic rings. The molecule has 4 nitrogen and oxygen atoms in total. The fourth-order valence-electron chi connectivity index (χ4n) is 6.68. The van der Waals surface area contributed by atoms with Gasteiger partial charge in [0.15, 0.2) is 5.82 Å². The lowest BCUT2D eigenvalue weighted by Crippen LogP contribution is -2.09. The number of hydrogen-bond acceptors (Lipinski definition) is 4. The zero-order chi connectivity index (χ0) is 33.3. The van der Waals surface area contributed by atoms with Crippen LogP contribution in [0.2, 0.25) is 0 Å². The van der Waals surface area contributed by atoms with Crippen molar-refractivity contribution in [2.45, 2.75) is 0 Å². The van der Waals surface area contributed by atoms with Gasteiger partial charge in [-0.2, -0.15) is 0 Å². The SMILES string of the molecule is c1ccc(-c2cc(-c3ccc(-c4cccc5oc6cc(N(c7ccccc7)c7ccccc7)ccc6c45)cc3)nc(-c3ccccc3)n2)cc1. The van der Waals surface area contributed by atoms with Gasteiger partial charge in [0.25, 0.3) is 0 Å². The Labute approximate surface area is 290 Å². The van der Waals surface area contributed by atoms with Gasteiger partial charge in [0.05, 0.1) is 11.4 Å². The Morgan fingerprint density at radius 1 is 0.380 bits per heavy atom. The van der Waals surface area contributed by atoms with E-state index in [1.807, 2.05) is 48.5 Å². The lowest BCUT2D eigenvalue weighted by Gasteiger charge is -2.25. The molecule has 9 rings (SSSR count). The number of hydrogen-bond donors (Lipinski definition) is 0. The van der Waals surface area contributed by atoms with Crippen molar-refractivity contribution >= 4 is 39.0 Å². The first-order valence-electron chi connectivity index (χ1n) is 16.7. The smallest absolute Gasteiger partial charge is 0.160 e. The quantitative estimate of drug-likeness (QED) is 0.174. The molecule has 0 spiro atoms. The maximum absolute atomic E-state index is 6.54. The van der Waals surface area contributed by atoms with Crippen molar-refractivity contribution < 1.29 is 4.42 Å². The summed E-state index contributed by atoms with van der Waals surface area (Å²) in [6, 6.07) is 64.8. The molecule has 236 valence electrons. The van der Waals surface area contributed by atoms with Gasteiger partial charge in [-0.3, -0.25) is 0 Å². The molecule has 0 aliphatic carbocycles. The molecule has 0 saturated heterocycles. The summed E-state index contributed by atoms with van der Waals surface area (Å²) in [6.45, 7) is 0. The average Bonchev–Trinajstić information content (AvgIpc) is 3.58. The maximum atomic E-state index is 6.54. The van der Waals surface area contributed by atoms with Crippen LogP contribution in [0, 0.1) is 0 Å². The van der Waals surface area contributed by atoms with Gasteiger partial charge in [0.2, 0.25) is 0 Å². The third kappa shape index (κ3) is 5.49. The van der Waals surface area contributed by atoms with Crippen LogP contribution < -0.4 is 4.90 Å². The summed E-state index contributed by atoms with van der Waals surface area (Å²) in [5.41, 5.74) is 12.0. The molecule has 0 amide bonds. The van der Waals surface area contributed by atoms with Crippen LogP contribution in [-0.2, 0) is 0 Å². The molecule has 50 heavy (non-hydrogen) atoms. The molecule has 0 saturated carbocycles. The number of rotatable bonds is 7. The number of nitrogens with zero attached hydrogens (tertiary/aromatic N) is 3. The van der Waals surface area contributed by atoms with E-state index in [4.69, 9.17) is 14.4 Å². The van der Waals surface area contributed by atoms with E-state index in [0.717, 1.165) is 78.2 Å². The molecule has 2 heterocycles. The van der Waals surface area contributed by atoms with Crippen molar-refractivity contribution in [1.82, 2.24) is 9.97 Å². The Hall–Kier alpha value is -6.78. The zero-order valence-corrected chi connectivity index (χ0v) is 27.1. The molecule has 7 aromatic carbocycles. The van der Waals surface area contributed by atoms with Crippen molar-refractivity contribution in [2.75, 3.05) is 4.90 Å². The van der Waals surface area contributed by atoms with Gasteiger partial charge in [0, 0.05) is 50.6 Å². The van der Waals surface area contributed by atoms with Gasteiger partial charge in [-0.25, -0.2) is 9.97 Å². The third-order valence-corrected chi connectivity index (χ3v) is 9.09. The molecular formula is C46H31N3O. The van der Waals surface area contributed by atoms with E-state index in [0.29, 0.717) is 5.82 Å². The van der Waals surface area contributed by atoms with E-state index in [1.54, 1.807) is 0 Å². The minimum atomic E-state index is 0.707. The van der Waals surface area contributed by atoms with Gasteiger partial charge >= 0.3 is 0 Å². The van der Waals surface area contributed by atoms with E-state index in [1.165, 1.54) is 0 Å². The van der Waals surface area contributed by atoms with E-state index < -0.39 is 0 Å². The Morgan fingerprint density at radius 2 is 0.920 bits per heavy atom. The first kappa shape index (κ1) is 29.4. The number of benzene rings is 7. The van der Waals surface area contributed by atoms with Gasteiger partial charge < -0.3 is 9.32 Å². The Kier molecular flexibility index (Phi) is 7.45. The summed E-state index contributed by atoms with van der Waals surface area (Å²) in [6.07, 6.45) is 0. The van der Waals surface area contributed by atoms with Crippen molar-refractivity contribution in [3.8, 4) is 45.0 Å². The molecule has 0 aliphatic rings. The Morgan fingerprint density at radius 3 is 1.54 bits per heavy atom. The molecular weight excluding hydrogens is 611 g/mol. The predicted octanol–water partition coefficient (Wildman–Crippen LogP) is 12.5. The van der Waals surface area contributed by atoms with Crippen LogP contribution in [0.15, 0.2) is 192 Å². The topological polar surface area (TPSA) is 42.2 Å². The second kappa shape index (κ2) is 12.7. The Balaban J connectivity index is 1.11. The number of furan rings is 1. The average molecular weight is 642 g/mol. The number of para-hydroxylation sites is 2. The molecule has 0 fully saturated rings. The fourth-order valence-corrected chi connectivity index (χ4v) is 6.68. The third-order valence-electron chi connectivity index (χ3n) is 9.09. The summed E-state index contributed by atoms with van der Waals surface area (Å²) in [4.78, 5) is 12.2. The van der Waals surface area contributed by atoms with Crippen LogP contribution in [-0.4, -0.2) is 9.97 Å². The predicted molar refractivity (Wildman–Crippen MR) is 206 cm³/mol. The van der Waals surface area contributed by atoms with E-state index in [-0.39, 0.29) is 0 Å². The monoisotopic (exact) mass is 641 g/mol. The second-order valence-corrected chi connectivity index (χ2v) is 12.2. The normalized spacial score (nSPS) is 11.2. The minimum Gasteiger partial charge on any atom is -0.456 e. The number of aromatic nitrogens is 2. The first-order chi connectivity index (χ1) is 24.8. The molecule has 0 unspecified atom stereocenters. The van der Waals surface area contributed by atoms with Crippen LogP contribution >= 0.6 is 0 Å². The summed E-state index contributed by atoms with van der Waals surface area (Å²) in [7, 11) is 0.